The zero-order valence-electron chi connectivity index (χ0n) is 8.16. The van der Waals surface area contributed by atoms with Gasteiger partial charge in [-0.25, -0.2) is 0 Å². The lowest BCUT2D eigenvalue weighted by Crippen LogP contribution is -2.32. The molecular weight excluding hydrogens is 208 g/mol. The van der Waals surface area contributed by atoms with Crippen molar-refractivity contribution in [3.05, 3.63) is 0 Å². The third-order valence-corrected chi connectivity index (χ3v) is 1.57. The summed E-state index contributed by atoms with van der Waals surface area (Å²) < 4.78 is 0. The number of aliphatic carboxylic acids is 1. The molecule has 0 fully saturated rings. The quantitative estimate of drug-likeness (QED) is 0.598. The Kier molecular flexibility index (Phi) is 9.81. The number of carbonyl (C=O) groups is 2. The molecule has 84 valence electrons. The van der Waals surface area contributed by atoms with Gasteiger partial charge in [0.1, 0.15) is 6.04 Å². The van der Waals surface area contributed by atoms with Gasteiger partial charge < -0.3 is 16.2 Å². The number of carboxylic acids is 1. The molecule has 0 aromatic heterocycles. The Hall–Kier alpha value is -0.810. The van der Waals surface area contributed by atoms with E-state index >= 15 is 0 Å². The molecule has 1 atom stereocenters. The van der Waals surface area contributed by atoms with E-state index in [1.165, 1.54) is 0 Å². The number of carbonyl (C=O) groups excluding carboxylic acids is 1. The maximum absolute atomic E-state index is 11.0. The van der Waals surface area contributed by atoms with Gasteiger partial charge in [-0.05, 0) is 12.8 Å². The summed E-state index contributed by atoms with van der Waals surface area (Å²) in [6, 6.07) is -0.938. The van der Waals surface area contributed by atoms with Gasteiger partial charge in [0.15, 0.2) is 0 Å². The zero-order chi connectivity index (χ0) is 10.3. The first kappa shape index (κ1) is 15.7. The summed E-state index contributed by atoms with van der Waals surface area (Å²) in [4.78, 5) is 21.2. The minimum absolute atomic E-state index is 0. The molecule has 0 aliphatic heterocycles. The lowest BCUT2D eigenvalue weighted by molar-refractivity contribution is -0.138. The van der Waals surface area contributed by atoms with Crippen molar-refractivity contribution in [2.45, 2.75) is 32.2 Å². The Labute approximate surface area is 89.5 Å². The number of nitrogens with one attached hydrogen (secondary N) is 1. The highest BCUT2D eigenvalue weighted by Gasteiger charge is 2.12. The number of carboxylic acid groups (broad SMARTS) is 1. The molecule has 14 heavy (non-hydrogen) atoms. The van der Waals surface area contributed by atoms with E-state index in [1.807, 2.05) is 6.92 Å². The Morgan fingerprint density at radius 2 is 2.07 bits per heavy atom. The van der Waals surface area contributed by atoms with Crippen molar-refractivity contribution in [2.24, 2.45) is 5.73 Å². The highest BCUT2D eigenvalue weighted by molar-refractivity contribution is 5.85. The van der Waals surface area contributed by atoms with Crippen LogP contribution in [0.25, 0.3) is 0 Å². The van der Waals surface area contributed by atoms with E-state index in [0.717, 1.165) is 6.42 Å². The molecule has 0 radical (unpaired) electrons. The lowest BCUT2D eigenvalue weighted by Gasteiger charge is -2.06. The number of halogens is 1. The molecule has 4 N–H and O–H groups in total. The van der Waals surface area contributed by atoms with Crippen LogP contribution in [0.3, 0.4) is 0 Å². The van der Waals surface area contributed by atoms with Gasteiger partial charge in [-0.1, -0.05) is 6.92 Å². The molecule has 0 aromatic carbocycles. The highest BCUT2D eigenvalue weighted by atomic mass is 35.5. The molecule has 0 spiro atoms. The van der Waals surface area contributed by atoms with E-state index in [9.17, 15) is 9.59 Å². The van der Waals surface area contributed by atoms with Crippen LogP contribution in [0.2, 0.25) is 0 Å². The van der Waals surface area contributed by atoms with Crippen LogP contribution in [-0.4, -0.2) is 29.6 Å². The number of nitrogens with two attached hydrogens (primary N) is 1. The van der Waals surface area contributed by atoms with Crippen LogP contribution < -0.4 is 11.1 Å². The summed E-state index contributed by atoms with van der Waals surface area (Å²) in [5, 5.41) is 11.1. The average molecular weight is 225 g/mol. The van der Waals surface area contributed by atoms with Crippen LogP contribution in [0.4, 0.5) is 0 Å². The van der Waals surface area contributed by atoms with Gasteiger partial charge in [-0.15, -0.1) is 12.4 Å². The highest BCUT2D eigenvalue weighted by Crippen LogP contribution is 1.94. The maximum Gasteiger partial charge on any atom is 0.320 e. The van der Waals surface area contributed by atoms with Gasteiger partial charge >= 0.3 is 5.97 Å². The molecule has 0 aliphatic carbocycles. The van der Waals surface area contributed by atoms with Crippen LogP contribution >= 0.6 is 12.4 Å². The van der Waals surface area contributed by atoms with Crippen molar-refractivity contribution in [3.8, 4) is 0 Å². The van der Waals surface area contributed by atoms with E-state index in [1.54, 1.807) is 0 Å². The van der Waals surface area contributed by atoms with E-state index in [0.29, 0.717) is 6.54 Å². The zero-order valence-corrected chi connectivity index (χ0v) is 8.97. The molecule has 0 unspecified atom stereocenters. The van der Waals surface area contributed by atoms with Gasteiger partial charge in [0.05, 0.1) is 0 Å². The molecule has 0 saturated carbocycles. The molecule has 6 heteroatoms. The van der Waals surface area contributed by atoms with E-state index in [-0.39, 0.29) is 31.2 Å². The molecular formula is C8H17ClN2O3. The van der Waals surface area contributed by atoms with Crippen molar-refractivity contribution in [1.29, 1.82) is 0 Å². The predicted octanol–water partition coefficient (Wildman–Crippen LogP) is 0.126. The van der Waals surface area contributed by atoms with E-state index in [2.05, 4.69) is 5.32 Å². The maximum atomic E-state index is 11.0. The second-order valence-corrected chi connectivity index (χ2v) is 2.83. The van der Waals surface area contributed by atoms with Crippen LogP contribution in [0.1, 0.15) is 26.2 Å². The van der Waals surface area contributed by atoms with Gasteiger partial charge in [0.25, 0.3) is 0 Å². The molecule has 0 heterocycles. The fourth-order valence-corrected chi connectivity index (χ4v) is 0.763. The molecule has 5 nitrogen and oxygen atoms in total. The standard InChI is InChI=1S/C8H16N2O3.ClH/c1-2-5-10-7(11)4-3-6(9)8(12)13;/h6H,2-5,9H2,1H3,(H,10,11)(H,12,13);1H/t6-;/m0./s1. The summed E-state index contributed by atoms with van der Waals surface area (Å²) in [7, 11) is 0. The minimum Gasteiger partial charge on any atom is -0.480 e. The van der Waals surface area contributed by atoms with E-state index in [4.69, 9.17) is 10.8 Å². The smallest absolute Gasteiger partial charge is 0.320 e. The first-order chi connectivity index (χ1) is 6.07. The normalized spacial score (nSPS) is 11.3. The van der Waals surface area contributed by atoms with Gasteiger partial charge in [-0.3, -0.25) is 9.59 Å². The van der Waals surface area contributed by atoms with Crippen molar-refractivity contribution in [3.63, 3.8) is 0 Å². The second kappa shape index (κ2) is 8.77. The fraction of sp³-hybridized carbons (Fsp3) is 0.750. The van der Waals surface area contributed by atoms with Crippen LogP contribution in [0, 0.1) is 0 Å². The minimum atomic E-state index is -1.07. The largest absolute Gasteiger partial charge is 0.480 e. The SMILES string of the molecule is CCCNC(=O)CC[C@H](N)C(=O)O.Cl. The molecule has 0 bridgehead atoms. The van der Waals surface area contributed by atoms with Crippen molar-refractivity contribution in [2.75, 3.05) is 6.54 Å². The monoisotopic (exact) mass is 224 g/mol. The number of amides is 1. The Balaban J connectivity index is 0. The predicted molar refractivity (Wildman–Crippen MR) is 55.4 cm³/mol. The fourth-order valence-electron chi connectivity index (χ4n) is 0.763. The Bertz CT molecular complexity index is 187. The third kappa shape index (κ3) is 7.82. The van der Waals surface area contributed by atoms with Crippen LogP contribution in [-0.2, 0) is 9.59 Å². The Morgan fingerprint density at radius 3 is 2.50 bits per heavy atom. The van der Waals surface area contributed by atoms with Crippen LogP contribution in [0.15, 0.2) is 0 Å². The third-order valence-electron chi connectivity index (χ3n) is 1.57. The number of rotatable bonds is 6. The summed E-state index contributed by atoms with van der Waals surface area (Å²) in [5.74, 6) is -1.21. The molecule has 0 rings (SSSR count). The summed E-state index contributed by atoms with van der Waals surface area (Å²) in [5.41, 5.74) is 5.21. The summed E-state index contributed by atoms with van der Waals surface area (Å²) in [6.45, 7) is 2.57. The molecule has 0 saturated heterocycles. The number of hydrogen-bond donors (Lipinski definition) is 3. The van der Waals surface area contributed by atoms with Gasteiger partial charge in [0, 0.05) is 13.0 Å². The summed E-state index contributed by atoms with van der Waals surface area (Å²) >= 11 is 0. The lowest BCUT2D eigenvalue weighted by atomic mass is 10.1. The molecule has 1 amide bonds. The molecule has 0 aliphatic rings. The van der Waals surface area contributed by atoms with Crippen molar-refractivity contribution in [1.82, 2.24) is 5.32 Å². The molecule has 0 aromatic rings. The first-order valence-corrected chi connectivity index (χ1v) is 4.33. The second-order valence-electron chi connectivity index (χ2n) is 2.83. The van der Waals surface area contributed by atoms with Crippen LogP contribution in [0.5, 0.6) is 0 Å². The topological polar surface area (TPSA) is 92.4 Å². The van der Waals surface area contributed by atoms with Crippen molar-refractivity contribution < 1.29 is 14.7 Å². The summed E-state index contributed by atoms with van der Waals surface area (Å²) in [6.07, 6.45) is 1.23. The van der Waals surface area contributed by atoms with Gasteiger partial charge in [-0.2, -0.15) is 0 Å². The van der Waals surface area contributed by atoms with E-state index < -0.39 is 12.0 Å². The Morgan fingerprint density at radius 1 is 1.50 bits per heavy atom. The van der Waals surface area contributed by atoms with Crippen molar-refractivity contribution >= 4 is 24.3 Å². The number of hydrogen-bond acceptors (Lipinski definition) is 3. The first-order valence-electron chi connectivity index (χ1n) is 4.33. The average Bonchev–Trinajstić information content (AvgIpc) is 2.10. The van der Waals surface area contributed by atoms with Gasteiger partial charge in [0.2, 0.25) is 5.91 Å².